The molecule has 0 bridgehead atoms. The van der Waals surface area contributed by atoms with Crippen molar-refractivity contribution < 1.29 is 4.79 Å². The van der Waals surface area contributed by atoms with Gasteiger partial charge in [0.25, 0.3) is 5.91 Å². The smallest absolute Gasteiger partial charge is 0.272 e. The minimum Gasteiger partial charge on any atom is -0.272 e. The molecule has 2 N–H and O–H groups in total. The van der Waals surface area contributed by atoms with Crippen LogP contribution in [0.15, 0.2) is 41.5 Å². The molecule has 0 unspecified atom stereocenters. The third-order valence-corrected chi connectivity index (χ3v) is 3.89. The molecule has 0 spiro atoms. The van der Waals surface area contributed by atoms with Crippen molar-refractivity contribution in [1.29, 1.82) is 0 Å². The van der Waals surface area contributed by atoms with Crippen molar-refractivity contribution in [3.63, 3.8) is 0 Å². The van der Waals surface area contributed by atoms with Gasteiger partial charge >= 0.3 is 0 Å². The van der Waals surface area contributed by atoms with Gasteiger partial charge in [0.1, 0.15) is 5.69 Å². The van der Waals surface area contributed by atoms with Gasteiger partial charge in [-0.25, -0.2) is 5.43 Å². The topological polar surface area (TPSA) is 70.1 Å². The van der Waals surface area contributed by atoms with Crippen LogP contribution in [0.4, 0.5) is 0 Å². The highest BCUT2D eigenvalue weighted by molar-refractivity contribution is 5.94. The summed E-state index contributed by atoms with van der Waals surface area (Å²) in [5.41, 5.74) is 5.89. The lowest BCUT2D eigenvalue weighted by atomic mass is 10.1. The van der Waals surface area contributed by atoms with Crippen molar-refractivity contribution in [2.75, 3.05) is 0 Å². The number of hydrazone groups is 1. The van der Waals surface area contributed by atoms with E-state index in [1.807, 2.05) is 30.3 Å². The Labute approximate surface area is 129 Å². The normalized spacial score (nSPS) is 15.2. The van der Waals surface area contributed by atoms with Crippen LogP contribution in [0.1, 0.15) is 49.0 Å². The molecule has 22 heavy (non-hydrogen) atoms. The van der Waals surface area contributed by atoms with Gasteiger partial charge in [-0.05, 0) is 31.7 Å². The summed E-state index contributed by atoms with van der Waals surface area (Å²) in [6, 6.07) is 11.5. The number of carbonyl (C=O) groups is 1. The third-order valence-electron chi connectivity index (χ3n) is 3.89. The maximum Gasteiger partial charge on any atom is 0.289 e. The molecule has 1 aliphatic carbocycles. The largest absolute Gasteiger partial charge is 0.289 e. The molecular formula is C17H20N4O. The molecule has 2 aromatic rings. The molecule has 1 amide bonds. The summed E-state index contributed by atoms with van der Waals surface area (Å²) in [5.74, 6) is -0.244. The summed E-state index contributed by atoms with van der Waals surface area (Å²) in [7, 11) is 0. The van der Waals surface area contributed by atoms with E-state index in [9.17, 15) is 4.79 Å². The van der Waals surface area contributed by atoms with Crippen molar-refractivity contribution in [3.8, 4) is 11.3 Å². The van der Waals surface area contributed by atoms with Crippen LogP contribution in [0, 0.1) is 0 Å². The molecular weight excluding hydrogens is 276 g/mol. The van der Waals surface area contributed by atoms with E-state index in [0.717, 1.165) is 42.7 Å². The highest BCUT2D eigenvalue weighted by Crippen LogP contribution is 2.17. The van der Waals surface area contributed by atoms with Gasteiger partial charge in [-0.3, -0.25) is 9.89 Å². The molecule has 1 aliphatic rings. The van der Waals surface area contributed by atoms with Crippen LogP contribution in [0.2, 0.25) is 0 Å². The van der Waals surface area contributed by atoms with Crippen LogP contribution >= 0.6 is 0 Å². The predicted molar refractivity (Wildman–Crippen MR) is 86.6 cm³/mol. The molecule has 5 nitrogen and oxygen atoms in total. The maximum absolute atomic E-state index is 12.1. The molecule has 1 aromatic carbocycles. The number of hydrogen-bond acceptors (Lipinski definition) is 3. The quantitative estimate of drug-likeness (QED) is 0.672. The van der Waals surface area contributed by atoms with Gasteiger partial charge in [-0.2, -0.15) is 10.2 Å². The number of aromatic nitrogens is 2. The fourth-order valence-electron chi connectivity index (χ4n) is 2.63. The van der Waals surface area contributed by atoms with Crippen molar-refractivity contribution in [2.24, 2.45) is 5.10 Å². The van der Waals surface area contributed by atoms with E-state index < -0.39 is 0 Å². The molecule has 1 aromatic heterocycles. The summed E-state index contributed by atoms with van der Waals surface area (Å²) in [5, 5.41) is 11.2. The van der Waals surface area contributed by atoms with Crippen LogP contribution in [0.5, 0.6) is 0 Å². The Kier molecular flexibility index (Phi) is 4.63. The first-order valence-corrected chi connectivity index (χ1v) is 7.79. The van der Waals surface area contributed by atoms with Crippen LogP contribution in [0.3, 0.4) is 0 Å². The number of nitrogens with one attached hydrogen (secondary N) is 2. The standard InChI is InChI=1S/C17H20N4O/c22-17(21-18-14-10-6-1-2-7-11-14)16-12-15(19-20-16)13-8-4-3-5-9-13/h3-5,8-9,12H,1-2,6-7,10-11H2,(H,19,20)(H,21,22). The summed E-state index contributed by atoms with van der Waals surface area (Å²) in [6.07, 6.45) is 6.81. The minimum atomic E-state index is -0.244. The van der Waals surface area contributed by atoms with Gasteiger partial charge in [0.15, 0.2) is 0 Å². The van der Waals surface area contributed by atoms with Gasteiger partial charge in [0.2, 0.25) is 0 Å². The van der Waals surface area contributed by atoms with Gasteiger partial charge < -0.3 is 0 Å². The maximum atomic E-state index is 12.1. The number of aromatic amines is 1. The number of rotatable bonds is 3. The molecule has 0 radical (unpaired) electrons. The number of carbonyl (C=O) groups excluding carboxylic acids is 1. The van der Waals surface area contributed by atoms with Gasteiger partial charge in [0, 0.05) is 11.3 Å². The second-order valence-corrected chi connectivity index (χ2v) is 5.57. The summed E-state index contributed by atoms with van der Waals surface area (Å²) in [6.45, 7) is 0. The van der Waals surface area contributed by atoms with E-state index in [-0.39, 0.29) is 5.91 Å². The monoisotopic (exact) mass is 296 g/mol. The van der Waals surface area contributed by atoms with E-state index in [0.29, 0.717) is 5.69 Å². The first-order chi connectivity index (χ1) is 10.8. The average Bonchev–Trinajstić information content (AvgIpc) is 2.91. The molecule has 5 heteroatoms. The molecule has 1 fully saturated rings. The summed E-state index contributed by atoms with van der Waals surface area (Å²) >= 11 is 0. The molecule has 0 atom stereocenters. The van der Waals surface area contributed by atoms with Crippen LogP contribution in [-0.4, -0.2) is 21.8 Å². The van der Waals surface area contributed by atoms with E-state index in [4.69, 9.17) is 0 Å². The predicted octanol–water partition coefficient (Wildman–Crippen LogP) is 3.52. The SMILES string of the molecule is O=C(NN=C1CCCCCC1)c1cc(-c2ccccc2)n[nH]1. The lowest BCUT2D eigenvalue weighted by Gasteiger charge is -2.02. The van der Waals surface area contributed by atoms with Crippen LogP contribution < -0.4 is 5.43 Å². The highest BCUT2D eigenvalue weighted by atomic mass is 16.2. The molecule has 114 valence electrons. The fourth-order valence-corrected chi connectivity index (χ4v) is 2.63. The Bertz CT molecular complexity index is 650. The number of hydrogen-bond donors (Lipinski definition) is 2. The molecule has 1 heterocycles. The highest BCUT2D eigenvalue weighted by Gasteiger charge is 2.11. The Morgan fingerprint density at radius 2 is 1.82 bits per heavy atom. The Balaban J connectivity index is 1.65. The van der Waals surface area contributed by atoms with E-state index in [2.05, 4.69) is 20.7 Å². The van der Waals surface area contributed by atoms with Gasteiger partial charge in [-0.15, -0.1) is 0 Å². The third kappa shape index (κ3) is 3.61. The number of H-pyrrole nitrogens is 1. The second kappa shape index (κ2) is 7.02. The zero-order chi connectivity index (χ0) is 15.2. The number of benzene rings is 1. The van der Waals surface area contributed by atoms with E-state index in [1.165, 1.54) is 12.8 Å². The van der Waals surface area contributed by atoms with Crippen molar-refractivity contribution in [2.45, 2.75) is 38.5 Å². The lowest BCUT2D eigenvalue weighted by molar-refractivity contribution is 0.0949. The molecule has 3 rings (SSSR count). The average molecular weight is 296 g/mol. The molecule has 0 saturated heterocycles. The molecule has 1 saturated carbocycles. The molecule has 0 aliphatic heterocycles. The zero-order valence-electron chi connectivity index (χ0n) is 12.5. The zero-order valence-corrected chi connectivity index (χ0v) is 12.5. The lowest BCUT2D eigenvalue weighted by Crippen LogP contribution is -2.20. The number of amides is 1. The first kappa shape index (κ1) is 14.5. The van der Waals surface area contributed by atoms with Crippen molar-refractivity contribution >= 4 is 11.6 Å². The van der Waals surface area contributed by atoms with Crippen molar-refractivity contribution in [3.05, 3.63) is 42.1 Å². The van der Waals surface area contributed by atoms with Crippen LogP contribution in [0.25, 0.3) is 11.3 Å². The van der Waals surface area contributed by atoms with Gasteiger partial charge in [0.05, 0.1) is 5.69 Å². The van der Waals surface area contributed by atoms with Gasteiger partial charge in [-0.1, -0.05) is 43.2 Å². The Morgan fingerprint density at radius 1 is 1.09 bits per heavy atom. The fraction of sp³-hybridized carbons (Fsp3) is 0.353. The van der Waals surface area contributed by atoms with E-state index >= 15 is 0 Å². The number of nitrogens with zero attached hydrogens (tertiary/aromatic N) is 2. The summed E-state index contributed by atoms with van der Waals surface area (Å²) < 4.78 is 0. The first-order valence-electron chi connectivity index (χ1n) is 7.79. The second-order valence-electron chi connectivity index (χ2n) is 5.57. The Hall–Kier alpha value is -2.43. The van der Waals surface area contributed by atoms with Crippen molar-refractivity contribution in [1.82, 2.24) is 15.6 Å². The Morgan fingerprint density at radius 3 is 2.55 bits per heavy atom. The van der Waals surface area contributed by atoms with Crippen LogP contribution in [-0.2, 0) is 0 Å². The summed E-state index contributed by atoms with van der Waals surface area (Å²) in [4.78, 5) is 12.1. The van der Waals surface area contributed by atoms with E-state index in [1.54, 1.807) is 6.07 Å². The minimum absolute atomic E-state index is 0.244.